The average molecular weight is 405 g/mol. The minimum absolute atomic E-state index is 0.0332. The van der Waals surface area contributed by atoms with Crippen molar-refractivity contribution in [3.05, 3.63) is 70.8 Å². The Kier molecular flexibility index (Phi) is 5.05. The highest BCUT2D eigenvalue weighted by Crippen LogP contribution is 2.28. The summed E-state index contributed by atoms with van der Waals surface area (Å²) in [6, 6.07) is 16.7. The van der Waals surface area contributed by atoms with Gasteiger partial charge in [0.25, 0.3) is 5.91 Å². The van der Waals surface area contributed by atoms with Crippen molar-refractivity contribution in [1.29, 1.82) is 0 Å². The number of benzene rings is 2. The van der Waals surface area contributed by atoms with Crippen LogP contribution in [0.5, 0.6) is 0 Å². The normalized spacial score (nSPS) is 24.0. The SMILES string of the molecule is O=C1COC2(CCN(C(=O)c3ccc(CN4CCc5ccccc5C4)cc3)C2)CN1. The van der Waals surface area contributed by atoms with Crippen LogP contribution in [0.4, 0.5) is 0 Å². The van der Waals surface area contributed by atoms with E-state index in [2.05, 4.69) is 46.6 Å². The molecule has 1 unspecified atom stereocenters. The van der Waals surface area contributed by atoms with Gasteiger partial charge in [0.05, 0.1) is 6.54 Å². The fraction of sp³-hybridized carbons (Fsp3) is 0.417. The molecule has 1 N–H and O–H groups in total. The molecule has 2 amide bonds. The molecule has 3 aliphatic heterocycles. The number of carbonyl (C=O) groups excluding carboxylic acids is 2. The minimum atomic E-state index is -0.423. The molecule has 0 radical (unpaired) electrons. The van der Waals surface area contributed by atoms with E-state index >= 15 is 0 Å². The Labute approximate surface area is 176 Å². The zero-order chi connectivity index (χ0) is 20.6. The molecule has 3 aliphatic rings. The van der Waals surface area contributed by atoms with Crippen molar-refractivity contribution in [2.45, 2.75) is 31.5 Å². The lowest BCUT2D eigenvalue weighted by Crippen LogP contribution is -2.54. The number of carbonyl (C=O) groups is 2. The molecular formula is C24H27N3O3. The number of hydrogen-bond acceptors (Lipinski definition) is 4. The minimum Gasteiger partial charge on any atom is -0.361 e. The van der Waals surface area contributed by atoms with Crippen molar-refractivity contribution in [3.63, 3.8) is 0 Å². The Bertz CT molecular complexity index is 946. The van der Waals surface area contributed by atoms with Gasteiger partial charge in [-0.1, -0.05) is 36.4 Å². The first kappa shape index (κ1) is 19.3. The Morgan fingerprint density at radius 2 is 1.87 bits per heavy atom. The number of ether oxygens (including phenoxy) is 1. The van der Waals surface area contributed by atoms with Gasteiger partial charge in [-0.2, -0.15) is 0 Å². The second-order valence-electron chi connectivity index (χ2n) is 8.65. The smallest absolute Gasteiger partial charge is 0.253 e. The van der Waals surface area contributed by atoms with Gasteiger partial charge in [-0.25, -0.2) is 0 Å². The number of nitrogens with zero attached hydrogens (tertiary/aromatic N) is 2. The van der Waals surface area contributed by atoms with Gasteiger partial charge in [0.1, 0.15) is 12.2 Å². The molecule has 30 heavy (non-hydrogen) atoms. The summed E-state index contributed by atoms with van der Waals surface area (Å²) >= 11 is 0. The van der Waals surface area contributed by atoms with Crippen LogP contribution in [0, 0.1) is 0 Å². The van der Waals surface area contributed by atoms with Crippen molar-refractivity contribution in [2.24, 2.45) is 0 Å². The number of rotatable bonds is 3. The van der Waals surface area contributed by atoms with Gasteiger partial charge in [0.2, 0.25) is 5.91 Å². The third kappa shape index (κ3) is 3.85. The summed E-state index contributed by atoms with van der Waals surface area (Å²) < 4.78 is 5.77. The van der Waals surface area contributed by atoms with Crippen LogP contribution in [-0.2, 0) is 29.0 Å². The molecule has 0 saturated carbocycles. The van der Waals surface area contributed by atoms with Crippen LogP contribution < -0.4 is 5.32 Å². The maximum atomic E-state index is 12.9. The maximum absolute atomic E-state index is 12.9. The molecular weight excluding hydrogens is 378 g/mol. The molecule has 2 aromatic carbocycles. The number of likely N-dealkylation sites (tertiary alicyclic amines) is 1. The summed E-state index contributed by atoms with van der Waals surface area (Å²) in [7, 11) is 0. The Balaban J connectivity index is 1.19. The van der Waals surface area contributed by atoms with E-state index in [9.17, 15) is 9.59 Å². The predicted octanol–water partition coefficient (Wildman–Crippen LogP) is 1.98. The Morgan fingerprint density at radius 3 is 2.63 bits per heavy atom. The van der Waals surface area contributed by atoms with Gasteiger partial charge in [-0.15, -0.1) is 0 Å². The van der Waals surface area contributed by atoms with E-state index in [0.29, 0.717) is 25.2 Å². The number of nitrogens with one attached hydrogen (secondary N) is 1. The van der Waals surface area contributed by atoms with Crippen LogP contribution in [0.2, 0.25) is 0 Å². The first-order valence-electron chi connectivity index (χ1n) is 10.7. The van der Waals surface area contributed by atoms with Gasteiger partial charge in [0.15, 0.2) is 0 Å². The fourth-order valence-electron chi connectivity index (χ4n) is 4.74. The van der Waals surface area contributed by atoms with Gasteiger partial charge in [-0.05, 0) is 41.7 Å². The van der Waals surface area contributed by atoms with Crippen LogP contribution in [0.3, 0.4) is 0 Å². The number of hydrogen-bond donors (Lipinski definition) is 1. The fourth-order valence-corrected chi connectivity index (χ4v) is 4.74. The van der Waals surface area contributed by atoms with Crippen LogP contribution in [0.25, 0.3) is 0 Å². The monoisotopic (exact) mass is 405 g/mol. The third-order valence-electron chi connectivity index (χ3n) is 6.54. The van der Waals surface area contributed by atoms with E-state index in [-0.39, 0.29) is 18.4 Å². The van der Waals surface area contributed by atoms with E-state index in [4.69, 9.17) is 4.74 Å². The zero-order valence-electron chi connectivity index (χ0n) is 17.1. The lowest BCUT2D eigenvalue weighted by Gasteiger charge is -2.33. The third-order valence-corrected chi connectivity index (χ3v) is 6.54. The molecule has 5 rings (SSSR count). The summed E-state index contributed by atoms with van der Waals surface area (Å²) in [5, 5.41) is 2.86. The average Bonchev–Trinajstić information content (AvgIpc) is 3.20. The van der Waals surface area contributed by atoms with E-state index < -0.39 is 5.60 Å². The molecule has 6 heteroatoms. The van der Waals surface area contributed by atoms with Crippen LogP contribution in [0.15, 0.2) is 48.5 Å². The second kappa shape index (κ2) is 7.85. The van der Waals surface area contributed by atoms with Crippen LogP contribution in [0.1, 0.15) is 33.5 Å². The Morgan fingerprint density at radius 1 is 1.07 bits per heavy atom. The van der Waals surface area contributed by atoms with Gasteiger partial charge in [-0.3, -0.25) is 14.5 Å². The molecule has 0 aliphatic carbocycles. The quantitative estimate of drug-likeness (QED) is 0.848. The largest absolute Gasteiger partial charge is 0.361 e. The van der Waals surface area contributed by atoms with Crippen molar-refractivity contribution in [1.82, 2.24) is 15.1 Å². The van der Waals surface area contributed by atoms with Crippen molar-refractivity contribution < 1.29 is 14.3 Å². The summed E-state index contributed by atoms with van der Waals surface area (Å²) in [4.78, 5) is 28.6. The highest BCUT2D eigenvalue weighted by atomic mass is 16.5. The lowest BCUT2D eigenvalue weighted by atomic mass is 9.99. The van der Waals surface area contributed by atoms with Crippen LogP contribution in [-0.4, -0.2) is 60.0 Å². The number of fused-ring (bicyclic) bond motifs is 1. The van der Waals surface area contributed by atoms with Gasteiger partial charge in [0, 0.05) is 38.3 Å². The van der Waals surface area contributed by atoms with E-state index in [0.717, 1.165) is 32.5 Å². The molecule has 1 spiro atoms. The summed E-state index contributed by atoms with van der Waals surface area (Å²) in [6.07, 6.45) is 1.85. The van der Waals surface area contributed by atoms with E-state index in [1.807, 2.05) is 17.0 Å². The number of morpholine rings is 1. The van der Waals surface area contributed by atoms with Crippen molar-refractivity contribution in [3.8, 4) is 0 Å². The summed E-state index contributed by atoms with van der Waals surface area (Å²) in [5.74, 6) is -0.0518. The summed E-state index contributed by atoms with van der Waals surface area (Å²) in [5.41, 5.74) is 4.38. The van der Waals surface area contributed by atoms with E-state index in [1.165, 1.54) is 16.7 Å². The van der Waals surface area contributed by atoms with Crippen LogP contribution >= 0.6 is 0 Å². The Hall–Kier alpha value is -2.70. The van der Waals surface area contributed by atoms with Crippen molar-refractivity contribution in [2.75, 3.05) is 32.8 Å². The molecule has 0 bridgehead atoms. The van der Waals surface area contributed by atoms with Gasteiger partial charge >= 0.3 is 0 Å². The molecule has 6 nitrogen and oxygen atoms in total. The molecule has 2 aromatic rings. The number of amides is 2. The molecule has 2 saturated heterocycles. The highest BCUT2D eigenvalue weighted by Gasteiger charge is 2.43. The maximum Gasteiger partial charge on any atom is 0.253 e. The van der Waals surface area contributed by atoms with E-state index in [1.54, 1.807) is 0 Å². The lowest BCUT2D eigenvalue weighted by molar-refractivity contribution is -0.141. The summed E-state index contributed by atoms with van der Waals surface area (Å²) in [6.45, 7) is 4.67. The molecule has 2 fully saturated rings. The van der Waals surface area contributed by atoms with Crippen molar-refractivity contribution >= 4 is 11.8 Å². The second-order valence-corrected chi connectivity index (χ2v) is 8.65. The standard InChI is InChI=1S/C24H27N3O3/c28-22-15-30-24(16-25-22)10-12-27(17-24)23(29)20-7-5-18(6-8-20)13-26-11-9-19-3-1-2-4-21(19)14-26/h1-8H,9-17H2,(H,25,28). The molecule has 1 atom stereocenters. The highest BCUT2D eigenvalue weighted by molar-refractivity contribution is 5.94. The first-order valence-corrected chi connectivity index (χ1v) is 10.7. The topological polar surface area (TPSA) is 61.9 Å². The zero-order valence-corrected chi connectivity index (χ0v) is 17.1. The molecule has 3 heterocycles. The first-order chi connectivity index (χ1) is 14.6. The molecule has 156 valence electrons. The van der Waals surface area contributed by atoms with Gasteiger partial charge < -0.3 is 15.0 Å². The molecule has 0 aromatic heterocycles. The predicted molar refractivity (Wildman–Crippen MR) is 113 cm³/mol.